The molecule has 162 valence electrons. The van der Waals surface area contributed by atoms with Crippen LogP contribution in [0.5, 0.6) is 0 Å². The molecule has 0 bridgehead atoms. The van der Waals surface area contributed by atoms with Crippen LogP contribution in [0.1, 0.15) is 34.7 Å². The van der Waals surface area contributed by atoms with Gasteiger partial charge in [-0.15, -0.1) is 0 Å². The summed E-state index contributed by atoms with van der Waals surface area (Å²) in [6.07, 6.45) is -2.80. The number of carbonyl (C=O) groups is 1. The number of halogens is 3. The average molecular weight is 430 g/mol. The zero-order chi connectivity index (χ0) is 21.8. The molecule has 1 aliphatic rings. The molecule has 3 aromatic rings. The van der Waals surface area contributed by atoms with Crippen LogP contribution < -0.4 is 5.32 Å². The number of aromatic nitrogens is 2. The van der Waals surface area contributed by atoms with Crippen LogP contribution in [-0.4, -0.2) is 40.1 Å². The quantitative estimate of drug-likeness (QED) is 0.659. The van der Waals surface area contributed by atoms with E-state index in [1.54, 1.807) is 12.1 Å². The van der Waals surface area contributed by atoms with Crippen molar-refractivity contribution < 1.29 is 22.5 Å². The van der Waals surface area contributed by atoms with Crippen molar-refractivity contribution >= 4 is 5.91 Å². The van der Waals surface area contributed by atoms with Gasteiger partial charge in [-0.1, -0.05) is 47.6 Å². The fourth-order valence-corrected chi connectivity index (χ4v) is 3.65. The van der Waals surface area contributed by atoms with Gasteiger partial charge in [-0.2, -0.15) is 18.2 Å². The highest BCUT2D eigenvalue weighted by atomic mass is 19.4. The molecule has 0 spiro atoms. The summed E-state index contributed by atoms with van der Waals surface area (Å²) in [7, 11) is 0. The summed E-state index contributed by atoms with van der Waals surface area (Å²) in [6.45, 7) is 2.59. The number of hydrogen-bond donors (Lipinski definition) is 1. The Kier molecular flexibility index (Phi) is 6.03. The van der Waals surface area contributed by atoms with Crippen LogP contribution in [0.3, 0.4) is 0 Å². The van der Waals surface area contributed by atoms with Gasteiger partial charge in [0.2, 0.25) is 5.82 Å². The molecule has 31 heavy (non-hydrogen) atoms. The topological polar surface area (TPSA) is 71.3 Å². The third-order valence-corrected chi connectivity index (χ3v) is 5.16. The van der Waals surface area contributed by atoms with E-state index in [1.807, 2.05) is 18.2 Å². The maximum Gasteiger partial charge on any atom is 0.471 e. The van der Waals surface area contributed by atoms with Crippen molar-refractivity contribution in [2.75, 3.05) is 13.1 Å². The number of likely N-dealkylation sites (tertiary alicyclic amines) is 1. The molecule has 6 nitrogen and oxygen atoms in total. The maximum atomic E-state index is 12.6. The lowest BCUT2D eigenvalue weighted by molar-refractivity contribution is -0.159. The average Bonchev–Trinajstić information content (AvgIpc) is 3.26. The largest absolute Gasteiger partial charge is 0.471 e. The molecule has 4 rings (SSSR count). The summed E-state index contributed by atoms with van der Waals surface area (Å²) in [5.74, 6) is -1.80. The third-order valence-electron chi connectivity index (χ3n) is 5.16. The Hall–Kier alpha value is -3.20. The predicted octanol–water partition coefficient (Wildman–Crippen LogP) is 4.15. The van der Waals surface area contributed by atoms with Crippen molar-refractivity contribution in [3.63, 3.8) is 0 Å². The third kappa shape index (κ3) is 5.29. The van der Waals surface area contributed by atoms with Crippen molar-refractivity contribution in [1.82, 2.24) is 20.4 Å². The molecule has 1 amide bonds. The van der Waals surface area contributed by atoms with Gasteiger partial charge in [0.05, 0.1) is 0 Å². The second-order valence-corrected chi connectivity index (χ2v) is 7.53. The van der Waals surface area contributed by atoms with E-state index in [-0.39, 0.29) is 17.8 Å². The van der Waals surface area contributed by atoms with Crippen LogP contribution in [-0.2, 0) is 12.7 Å². The molecular weight excluding hydrogens is 409 g/mol. The Morgan fingerprint density at radius 3 is 2.55 bits per heavy atom. The van der Waals surface area contributed by atoms with Gasteiger partial charge >= 0.3 is 12.1 Å². The first-order chi connectivity index (χ1) is 14.9. The number of piperidine rings is 1. The molecule has 0 aliphatic carbocycles. The lowest BCUT2D eigenvalue weighted by Crippen LogP contribution is -2.47. The number of nitrogens with zero attached hydrogens (tertiary/aromatic N) is 3. The minimum Gasteiger partial charge on any atom is -0.348 e. The van der Waals surface area contributed by atoms with Crippen molar-refractivity contribution in [3.8, 4) is 11.4 Å². The van der Waals surface area contributed by atoms with Crippen molar-refractivity contribution in [2.24, 2.45) is 0 Å². The van der Waals surface area contributed by atoms with E-state index < -0.39 is 12.1 Å². The molecule has 1 unspecified atom stereocenters. The highest BCUT2D eigenvalue weighted by Gasteiger charge is 2.38. The lowest BCUT2D eigenvalue weighted by Gasteiger charge is -2.33. The first-order valence-corrected chi connectivity index (χ1v) is 9.97. The second kappa shape index (κ2) is 8.89. The Balaban J connectivity index is 1.35. The van der Waals surface area contributed by atoms with Gasteiger partial charge < -0.3 is 9.84 Å². The minimum absolute atomic E-state index is 0.0381. The highest BCUT2D eigenvalue weighted by Crippen LogP contribution is 2.29. The second-order valence-electron chi connectivity index (χ2n) is 7.53. The summed E-state index contributed by atoms with van der Waals surface area (Å²) in [5, 5.41) is 6.41. The summed E-state index contributed by atoms with van der Waals surface area (Å²) < 4.78 is 42.1. The number of hydrogen-bond acceptors (Lipinski definition) is 5. The van der Waals surface area contributed by atoms with Crippen LogP contribution in [0.15, 0.2) is 59.1 Å². The van der Waals surface area contributed by atoms with Gasteiger partial charge in [0, 0.05) is 30.3 Å². The molecular formula is C22H21F3N4O2. The molecule has 1 aromatic heterocycles. The zero-order valence-electron chi connectivity index (χ0n) is 16.6. The van der Waals surface area contributed by atoms with Crippen molar-refractivity contribution in [3.05, 3.63) is 71.6 Å². The zero-order valence-corrected chi connectivity index (χ0v) is 16.6. The Labute approximate surface area is 177 Å². The molecule has 1 atom stereocenters. The van der Waals surface area contributed by atoms with Gasteiger partial charge in [0.25, 0.3) is 5.91 Å². The van der Waals surface area contributed by atoms with Crippen molar-refractivity contribution in [2.45, 2.75) is 31.6 Å². The van der Waals surface area contributed by atoms with Crippen LogP contribution in [0.2, 0.25) is 0 Å². The Morgan fingerprint density at radius 2 is 1.87 bits per heavy atom. The molecule has 2 heterocycles. The number of amides is 1. The van der Waals surface area contributed by atoms with E-state index >= 15 is 0 Å². The number of nitrogens with one attached hydrogen (secondary N) is 1. The molecule has 0 radical (unpaired) electrons. The lowest BCUT2D eigenvalue weighted by atomic mass is 10.0. The molecule has 1 N–H and O–H groups in total. The molecule has 9 heteroatoms. The molecule has 1 fully saturated rings. The first kappa shape index (κ1) is 21.0. The van der Waals surface area contributed by atoms with E-state index in [1.165, 1.54) is 17.7 Å². The number of alkyl halides is 3. The molecule has 2 aromatic carbocycles. The molecule has 0 saturated carbocycles. The van der Waals surface area contributed by atoms with E-state index in [9.17, 15) is 18.0 Å². The number of carbonyl (C=O) groups excluding carboxylic acids is 1. The van der Waals surface area contributed by atoms with Gasteiger partial charge in [-0.3, -0.25) is 9.69 Å². The van der Waals surface area contributed by atoms with Gasteiger partial charge in [-0.25, -0.2) is 0 Å². The SMILES string of the molecule is O=C(NC1CCCN(Cc2ccccc2)C1)c1ccc(-c2noc(C(F)(F)F)n2)cc1. The van der Waals surface area contributed by atoms with Gasteiger partial charge in [-0.05, 0) is 37.1 Å². The van der Waals surface area contributed by atoms with Gasteiger partial charge in [0.1, 0.15) is 0 Å². The fourth-order valence-electron chi connectivity index (χ4n) is 3.65. The summed E-state index contributed by atoms with van der Waals surface area (Å²) in [5.41, 5.74) is 1.99. The van der Waals surface area contributed by atoms with Crippen molar-refractivity contribution in [1.29, 1.82) is 0 Å². The smallest absolute Gasteiger partial charge is 0.348 e. The Bertz CT molecular complexity index is 1020. The van der Waals surface area contributed by atoms with E-state index in [2.05, 4.69) is 37.0 Å². The monoisotopic (exact) mass is 430 g/mol. The standard InChI is InChI=1S/C22H21F3N4O2/c23-22(24,25)21-27-19(28-31-21)16-8-10-17(11-9-16)20(30)26-18-7-4-12-29(14-18)13-15-5-2-1-3-6-15/h1-3,5-6,8-11,18H,4,7,12-14H2,(H,26,30). The molecule has 1 aliphatic heterocycles. The van der Waals surface area contributed by atoms with Crippen LogP contribution >= 0.6 is 0 Å². The van der Waals surface area contributed by atoms with Crippen LogP contribution in [0, 0.1) is 0 Å². The summed E-state index contributed by atoms with van der Waals surface area (Å²) in [6, 6.07) is 16.3. The predicted molar refractivity (Wildman–Crippen MR) is 107 cm³/mol. The maximum absolute atomic E-state index is 12.6. The minimum atomic E-state index is -4.69. The summed E-state index contributed by atoms with van der Waals surface area (Å²) >= 11 is 0. The van der Waals surface area contributed by atoms with Gasteiger partial charge in [0.15, 0.2) is 0 Å². The van der Waals surface area contributed by atoms with Crippen LogP contribution in [0.25, 0.3) is 11.4 Å². The highest BCUT2D eigenvalue weighted by molar-refractivity contribution is 5.94. The van der Waals surface area contributed by atoms with E-state index in [0.717, 1.165) is 32.5 Å². The normalized spacial score (nSPS) is 17.5. The summed E-state index contributed by atoms with van der Waals surface area (Å²) in [4.78, 5) is 18.3. The number of benzene rings is 2. The van der Waals surface area contributed by atoms with E-state index in [4.69, 9.17) is 0 Å². The Morgan fingerprint density at radius 1 is 1.13 bits per heavy atom. The molecule has 1 saturated heterocycles. The fraction of sp³-hybridized carbons (Fsp3) is 0.318. The first-order valence-electron chi connectivity index (χ1n) is 9.97. The van der Waals surface area contributed by atoms with Crippen LogP contribution in [0.4, 0.5) is 13.2 Å². The number of rotatable bonds is 5. The van der Waals surface area contributed by atoms with E-state index in [0.29, 0.717) is 11.1 Å².